The van der Waals surface area contributed by atoms with Crippen molar-refractivity contribution in [2.24, 2.45) is 7.05 Å². The van der Waals surface area contributed by atoms with E-state index < -0.39 is 5.97 Å². The van der Waals surface area contributed by atoms with Crippen molar-refractivity contribution < 1.29 is 9.90 Å². The summed E-state index contributed by atoms with van der Waals surface area (Å²) in [6.07, 6.45) is 0.746. The van der Waals surface area contributed by atoms with E-state index in [-0.39, 0.29) is 0 Å². The molecule has 0 unspecified atom stereocenters. The van der Waals surface area contributed by atoms with Crippen LogP contribution in [0.25, 0.3) is 10.9 Å². The molecule has 0 aliphatic heterocycles. The quantitative estimate of drug-likeness (QED) is 0.897. The van der Waals surface area contributed by atoms with Gasteiger partial charge < -0.3 is 14.6 Å². The van der Waals surface area contributed by atoms with Gasteiger partial charge in [0.05, 0.1) is 0 Å². The van der Waals surface area contributed by atoms with Crippen LogP contribution in [0.4, 0.5) is 0 Å². The fraction of sp³-hybridized carbons (Fsp3) is 0.357. The van der Waals surface area contributed by atoms with Gasteiger partial charge in [0.25, 0.3) is 0 Å². The van der Waals surface area contributed by atoms with Crippen LogP contribution in [0.5, 0.6) is 0 Å². The van der Waals surface area contributed by atoms with Crippen LogP contribution in [-0.4, -0.2) is 41.2 Å². The number of aryl methyl sites for hydroxylation is 1. The molecule has 0 aliphatic carbocycles. The van der Waals surface area contributed by atoms with Crippen LogP contribution in [0.1, 0.15) is 16.1 Å². The van der Waals surface area contributed by atoms with Crippen LogP contribution in [0.15, 0.2) is 24.3 Å². The predicted octanol–water partition coefficient (Wildman–Crippen LogP) is 1.98. The van der Waals surface area contributed by atoms with Gasteiger partial charge >= 0.3 is 5.97 Å². The number of aromatic nitrogens is 1. The Hall–Kier alpha value is -1.81. The van der Waals surface area contributed by atoms with Gasteiger partial charge in [0.1, 0.15) is 5.69 Å². The SMILES string of the molecule is CN(C)CCc1c(C(=O)O)n(C)c2ccccc12. The monoisotopic (exact) mass is 246 g/mol. The van der Waals surface area contributed by atoms with Crippen LogP contribution >= 0.6 is 0 Å². The minimum absolute atomic E-state index is 0.401. The fourth-order valence-electron chi connectivity index (χ4n) is 2.33. The second-order valence-corrected chi connectivity index (χ2v) is 4.76. The first-order valence-electron chi connectivity index (χ1n) is 5.96. The molecule has 2 aromatic rings. The lowest BCUT2D eigenvalue weighted by Gasteiger charge is -2.09. The van der Waals surface area contributed by atoms with E-state index in [1.165, 1.54) is 0 Å². The lowest BCUT2D eigenvalue weighted by molar-refractivity contribution is 0.0685. The highest BCUT2D eigenvalue weighted by Crippen LogP contribution is 2.25. The van der Waals surface area contributed by atoms with Gasteiger partial charge in [-0.3, -0.25) is 0 Å². The summed E-state index contributed by atoms with van der Waals surface area (Å²) >= 11 is 0. The average Bonchev–Trinajstić information content (AvgIpc) is 2.60. The number of carboxylic acid groups (broad SMARTS) is 1. The second-order valence-electron chi connectivity index (χ2n) is 4.76. The molecule has 4 nitrogen and oxygen atoms in total. The Morgan fingerprint density at radius 1 is 1.33 bits per heavy atom. The summed E-state index contributed by atoms with van der Waals surface area (Å²) in [4.78, 5) is 13.5. The van der Waals surface area contributed by atoms with E-state index in [2.05, 4.69) is 4.90 Å². The van der Waals surface area contributed by atoms with E-state index in [0.717, 1.165) is 29.4 Å². The summed E-state index contributed by atoms with van der Waals surface area (Å²) in [6, 6.07) is 7.84. The minimum atomic E-state index is -0.859. The molecule has 0 bridgehead atoms. The van der Waals surface area contributed by atoms with Gasteiger partial charge in [0, 0.05) is 24.5 Å². The van der Waals surface area contributed by atoms with Crippen molar-refractivity contribution >= 4 is 16.9 Å². The molecule has 4 heteroatoms. The molecular weight excluding hydrogens is 228 g/mol. The van der Waals surface area contributed by atoms with Gasteiger partial charge in [-0.25, -0.2) is 4.79 Å². The zero-order chi connectivity index (χ0) is 13.3. The van der Waals surface area contributed by atoms with Crippen molar-refractivity contribution in [2.75, 3.05) is 20.6 Å². The van der Waals surface area contributed by atoms with Crippen molar-refractivity contribution in [1.82, 2.24) is 9.47 Å². The lowest BCUT2D eigenvalue weighted by Crippen LogP contribution is -2.17. The highest BCUT2D eigenvalue weighted by Gasteiger charge is 2.19. The van der Waals surface area contributed by atoms with Crippen LogP contribution in [0.2, 0.25) is 0 Å². The number of carbonyl (C=O) groups is 1. The van der Waals surface area contributed by atoms with E-state index >= 15 is 0 Å². The molecule has 0 radical (unpaired) electrons. The third kappa shape index (κ3) is 2.11. The molecule has 1 N–H and O–H groups in total. The van der Waals surface area contributed by atoms with Crippen LogP contribution in [-0.2, 0) is 13.5 Å². The van der Waals surface area contributed by atoms with Gasteiger partial charge in [-0.2, -0.15) is 0 Å². The largest absolute Gasteiger partial charge is 0.477 e. The number of nitrogens with zero attached hydrogens (tertiary/aromatic N) is 2. The summed E-state index contributed by atoms with van der Waals surface area (Å²) in [5, 5.41) is 10.4. The molecule has 0 fully saturated rings. The summed E-state index contributed by atoms with van der Waals surface area (Å²) < 4.78 is 1.77. The van der Waals surface area contributed by atoms with E-state index in [1.54, 1.807) is 4.57 Å². The summed E-state index contributed by atoms with van der Waals surface area (Å²) in [5.74, 6) is -0.859. The highest BCUT2D eigenvalue weighted by atomic mass is 16.4. The van der Waals surface area contributed by atoms with Crippen molar-refractivity contribution in [3.05, 3.63) is 35.5 Å². The van der Waals surface area contributed by atoms with Crippen molar-refractivity contribution in [2.45, 2.75) is 6.42 Å². The smallest absolute Gasteiger partial charge is 0.352 e. The number of fused-ring (bicyclic) bond motifs is 1. The number of likely N-dealkylation sites (N-methyl/N-ethyl adjacent to an activating group) is 1. The maximum absolute atomic E-state index is 11.4. The molecule has 0 aliphatic rings. The summed E-state index contributed by atoms with van der Waals surface area (Å²) in [7, 11) is 5.79. The topological polar surface area (TPSA) is 45.5 Å². The molecule has 1 heterocycles. The van der Waals surface area contributed by atoms with E-state index in [1.807, 2.05) is 45.4 Å². The molecular formula is C14H18N2O2. The predicted molar refractivity (Wildman–Crippen MR) is 72.1 cm³/mol. The standard InChI is InChI=1S/C14H18N2O2/c1-15(2)9-8-11-10-6-4-5-7-12(10)16(3)13(11)14(17)18/h4-7H,8-9H2,1-3H3,(H,17,18). The minimum Gasteiger partial charge on any atom is -0.477 e. The number of hydrogen-bond donors (Lipinski definition) is 1. The second kappa shape index (κ2) is 4.82. The maximum atomic E-state index is 11.4. The van der Waals surface area contributed by atoms with Crippen molar-refractivity contribution in [3.63, 3.8) is 0 Å². The molecule has 1 aromatic heterocycles. The first-order valence-corrected chi connectivity index (χ1v) is 5.96. The van der Waals surface area contributed by atoms with Gasteiger partial charge in [-0.15, -0.1) is 0 Å². The molecule has 0 saturated carbocycles. The van der Waals surface area contributed by atoms with E-state index in [9.17, 15) is 9.90 Å². The first kappa shape index (κ1) is 12.6. The molecule has 18 heavy (non-hydrogen) atoms. The highest BCUT2D eigenvalue weighted by molar-refractivity contribution is 5.98. The summed E-state index contributed by atoms with van der Waals surface area (Å²) in [5.41, 5.74) is 2.30. The number of benzene rings is 1. The molecule has 0 spiro atoms. The molecule has 0 atom stereocenters. The van der Waals surface area contributed by atoms with Crippen LogP contribution < -0.4 is 0 Å². The maximum Gasteiger partial charge on any atom is 0.352 e. The molecule has 2 rings (SSSR count). The van der Waals surface area contributed by atoms with E-state index in [0.29, 0.717) is 5.69 Å². The Kier molecular flexibility index (Phi) is 3.39. The van der Waals surface area contributed by atoms with E-state index in [4.69, 9.17) is 0 Å². The third-order valence-electron chi connectivity index (χ3n) is 3.22. The third-order valence-corrected chi connectivity index (χ3v) is 3.22. The first-order chi connectivity index (χ1) is 8.52. The van der Waals surface area contributed by atoms with Crippen LogP contribution in [0.3, 0.4) is 0 Å². The van der Waals surface area contributed by atoms with Crippen LogP contribution in [0, 0.1) is 0 Å². The zero-order valence-electron chi connectivity index (χ0n) is 11.0. The number of hydrogen-bond acceptors (Lipinski definition) is 2. The lowest BCUT2D eigenvalue weighted by atomic mass is 10.1. The summed E-state index contributed by atoms with van der Waals surface area (Å²) in [6.45, 7) is 0.842. The Morgan fingerprint density at radius 2 is 2.00 bits per heavy atom. The Bertz CT molecular complexity index is 585. The Labute approximate surface area is 106 Å². The molecule has 0 saturated heterocycles. The molecule has 96 valence electrons. The molecule has 0 amide bonds. The number of aromatic carboxylic acids is 1. The van der Waals surface area contributed by atoms with Crippen molar-refractivity contribution in [1.29, 1.82) is 0 Å². The Morgan fingerprint density at radius 3 is 2.61 bits per heavy atom. The zero-order valence-corrected chi connectivity index (χ0v) is 11.0. The van der Waals surface area contributed by atoms with Gasteiger partial charge in [0.2, 0.25) is 0 Å². The average molecular weight is 246 g/mol. The van der Waals surface area contributed by atoms with Gasteiger partial charge in [-0.1, -0.05) is 18.2 Å². The van der Waals surface area contributed by atoms with Gasteiger partial charge in [0.15, 0.2) is 0 Å². The number of carboxylic acids is 1. The van der Waals surface area contributed by atoms with Crippen molar-refractivity contribution in [3.8, 4) is 0 Å². The normalized spacial score (nSPS) is 11.3. The molecule has 1 aromatic carbocycles. The Balaban J connectivity index is 2.60. The van der Waals surface area contributed by atoms with Gasteiger partial charge in [-0.05, 0) is 32.1 Å². The fourth-order valence-corrected chi connectivity index (χ4v) is 2.33. The number of para-hydroxylation sites is 1. The number of rotatable bonds is 4.